The lowest BCUT2D eigenvalue weighted by Crippen LogP contribution is -2.30. The molecule has 0 amide bonds. The molecule has 0 aliphatic carbocycles. The van der Waals surface area contributed by atoms with Crippen molar-refractivity contribution in [1.29, 1.82) is 0 Å². The molecule has 0 aliphatic rings. The molecule has 0 saturated carbocycles. The molecule has 1 aromatic rings. The molecule has 0 unspecified atom stereocenters. The summed E-state index contributed by atoms with van der Waals surface area (Å²) in [6, 6.07) is 2.08. The van der Waals surface area contributed by atoms with Crippen molar-refractivity contribution in [3.8, 4) is 0 Å². The van der Waals surface area contributed by atoms with E-state index in [1.807, 2.05) is 0 Å². The highest BCUT2D eigenvalue weighted by molar-refractivity contribution is 7.89. The standard InChI is InChI=1S/C10H15FN2O3S/c1-6(14)5-13-17(15,16)8-3-9(11)7(2)10(12)4-8/h3-4,6,13-14H,5,12H2,1-2H3/t6-/m0/s1. The summed E-state index contributed by atoms with van der Waals surface area (Å²) < 4.78 is 38.9. The molecular weight excluding hydrogens is 247 g/mol. The van der Waals surface area contributed by atoms with Crippen LogP contribution >= 0.6 is 0 Å². The zero-order valence-electron chi connectivity index (χ0n) is 9.57. The van der Waals surface area contributed by atoms with Crippen LogP contribution in [0, 0.1) is 12.7 Å². The Morgan fingerprint density at radius 3 is 2.59 bits per heavy atom. The second kappa shape index (κ2) is 4.99. The molecule has 0 bridgehead atoms. The average Bonchev–Trinajstić information content (AvgIpc) is 2.22. The lowest BCUT2D eigenvalue weighted by Gasteiger charge is -2.10. The number of aliphatic hydroxyl groups is 1. The van der Waals surface area contributed by atoms with Gasteiger partial charge in [-0.15, -0.1) is 0 Å². The van der Waals surface area contributed by atoms with Crippen LogP contribution < -0.4 is 10.5 Å². The predicted octanol–water partition coefficient (Wildman–Crippen LogP) is 0.375. The Morgan fingerprint density at radius 1 is 1.53 bits per heavy atom. The summed E-state index contributed by atoms with van der Waals surface area (Å²) in [6.45, 7) is 2.76. The Bertz CT molecular complexity index is 491. The smallest absolute Gasteiger partial charge is 0.240 e. The fourth-order valence-corrected chi connectivity index (χ4v) is 2.31. The van der Waals surface area contributed by atoms with Crippen LogP contribution in [0.25, 0.3) is 0 Å². The first kappa shape index (κ1) is 13.9. The van der Waals surface area contributed by atoms with Crippen molar-refractivity contribution in [2.45, 2.75) is 24.8 Å². The van der Waals surface area contributed by atoms with Gasteiger partial charge in [-0.25, -0.2) is 17.5 Å². The van der Waals surface area contributed by atoms with E-state index in [2.05, 4.69) is 4.72 Å². The van der Waals surface area contributed by atoms with Crippen LogP contribution in [0.5, 0.6) is 0 Å². The minimum atomic E-state index is -3.85. The van der Waals surface area contributed by atoms with Crippen LogP contribution in [-0.2, 0) is 10.0 Å². The minimum absolute atomic E-state index is 0.0717. The molecule has 0 spiro atoms. The number of hydrogen-bond donors (Lipinski definition) is 3. The lowest BCUT2D eigenvalue weighted by atomic mass is 10.2. The van der Waals surface area contributed by atoms with Crippen molar-refractivity contribution in [2.24, 2.45) is 0 Å². The van der Waals surface area contributed by atoms with Gasteiger partial charge in [-0.05, 0) is 26.0 Å². The van der Waals surface area contributed by atoms with Gasteiger partial charge in [0.1, 0.15) is 5.82 Å². The number of nitrogen functional groups attached to an aromatic ring is 1. The van der Waals surface area contributed by atoms with Gasteiger partial charge in [-0.1, -0.05) is 0 Å². The van der Waals surface area contributed by atoms with Gasteiger partial charge in [0.15, 0.2) is 0 Å². The number of aliphatic hydroxyl groups excluding tert-OH is 1. The third-order valence-corrected chi connectivity index (χ3v) is 3.64. The summed E-state index contributed by atoms with van der Waals surface area (Å²) in [5.74, 6) is -0.678. The zero-order valence-corrected chi connectivity index (χ0v) is 10.4. The third kappa shape index (κ3) is 3.39. The Hall–Kier alpha value is -1.18. The van der Waals surface area contributed by atoms with Crippen molar-refractivity contribution in [3.05, 3.63) is 23.5 Å². The van der Waals surface area contributed by atoms with Crippen LogP contribution in [0.15, 0.2) is 17.0 Å². The fourth-order valence-electron chi connectivity index (χ4n) is 1.14. The molecular formula is C10H15FN2O3S. The van der Waals surface area contributed by atoms with E-state index < -0.39 is 21.9 Å². The number of hydrogen-bond acceptors (Lipinski definition) is 4. The summed E-state index contributed by atoms with van der Waals surface area (Å²) in [5.41, 5.74) is 5.77. The highest BCUT2D eigenvalue weighted by Gasteiger charge is 2.17. The normalized spacial score (nSPS) is 13.6. The van der Waals surface area contributed by atoms with Gasteiger partial charge >= 0.3 is 0 Å². The molecule has 0 radical (unpaired) electrons. The highest BCUT2D eigenvalue weighted by atomic mass is 32.2. The number of nitrogens with one attached hydrogen (secondary N) is 1. The number of halogens is 1. The van der Waals surface area contributed by atoms with E-state index in [4.69, 9.17) is 10.8 Å². The molecule has 0 heterocycles. The maximum Gasteiger partial charge on any atom is 0.240 e. The van der Waals surface area contributed by atoms with Crippen LogP contribution in [0.4, 0.5) is 10.1 Å². The Kier molecular flexibility index (Phi) is 4.07. The van der Waals surface area contributed by atoms with Crippen LogP contribution in [-0.4, -0.2) is 26.2 Å². The number of sulfonamides is 1. The Labute approximate surface area is 99.5 Å². The SMILES string of the molecule is Cc1c(N)cc(S(=O)(=O)NC[C@H](C)O)cc1F. The first-order valence-electron chi connectivity index (χ1n) is 4.97. The maximum absolute atomic E-state index is 13.3. The van der Waals surface area contributed by atoms with Crippen molar-refractivity contribution in [2.75, 3.05) is 12.3 Å². The molecule has 1 rings (SSSR count). The number of benzene rings is 1. The summed E-state index contributed by atoms with van der Waals surface area (Å²) in [4.78, 5) is -0.251. The molecule has 1 atom stereocenters. The molecule has 0 aliphatic heterocycles. The third-order valence-electron chi connectivity index (χ3n) is 2.24. The fraction of sp³-hybridized carbons (Fsp3) is 0.400. The summed E-state index contributed by atoms with van der Waals surface area (Å²) >= 11 is 0. The molecule has 17 heavy (non-hydrogen) atoms. The molecule has 1 aromatic carbocycles. The molecule has 0 aromatic heterocycles. The molecule has 0 fully saturated rings. The van der Waals surface area contributed by atoms with E-state index in [1.54, 1.807) is 0 Å². The van der Waals surface area contributed by atoms with Gasteiger partial charge in [0.25, 0.3) is 0 Å². The van der Waals surface area contributed by atoms with Gasteiger partial charge in [-0.3, -0.25) is 0 Å². The quantitative estimate of drug-likeness (QED) is 0.684. The lowest BCUT2D eigenvalue weighted by molar-refractivity contribution is 0.198. The first-order valence-corrected chi connectivity index (χ1v) is 6.45. The number of nitrogens with two attached hydrogens (primary N) is 1. The molecule has 96 valence electrons. The summed E-state index contributed by atoms with van der Waals surface area (Å²) in [5, 5.41) is 8.99. The van der Waals surface area contributed by atoms with E-state index in [0.717, 1.165) is 6.07 Å². The zero-order chi connectivity index (χ0) is 13.2. The largest absolute Gasteiger partial charge is 0.398 e. The van der Waals surface area contributed by atoms with Crippen molar-refractivity contribution in [1.82, 2.24) is 4.72 Å². The van der Waals surface area contributed by atoms with Gasteiger partial charge in [0.05, 0.1) is 11.0 Å². The first-order chi connectivity index (χ1) is 7.74. The predicted molar refractivity (Wildman–Crippen MR) is 62.4 cm³/mol. The summed E-state index contributed by atoms with van der Waals surface area (Å²) in [6.07, 6.45) is -0.822. The second-order valence-corrected chi connectivity index (χ2v) is 5.59. The minimum Gasteiger partial charge on any atom is -0.398 e. The molecule has 5 nitrogen and oxygen atoms in total. The van der Waals surface area contributed by atoms with Gasteiger partial charge in [-0.2, -0.15) is 0 Å². The van der Waals surface area contributed by atoms with Crippen molar-refractivity contribution < 1.29 is 17.9 Å². The second-order valence-electron chi connectivity index (χ2n) is 3.82. The Balaban J connectivity index is 3.08. The summed E-state index contributed by atoms with van der Waals surface area (Å²) in [7, 11) is -3.85. The topological polar surface area (TPSA) is 92.4 Å². The highest BCUT2D eigenvalue weighted by Crippen LogP contribution is 2.20. The van der Waals surface area contributed by atoms with Crippen LogP contribution in [0.2, 0.25) is 0 Å². The van der Waals surface area contributed by atoms with Gasteiger partial charge < -0.3 is 10.8 Å². The van der Waals surface area contributed by atoms with Gasteiger partial charge in [0.2, 0.25) is 10.0 Å². The Morgan fingerprint density at radius 2 is 2.12 bits per heavy atom. The van der Waals surface area contributed by atoms with Crippen molar-refractivity contribution in [3.63, 3.8) is 0 Å². The molecule has 0 saturated heterocycles. The average molecular weight is 262 g/mol. The van der Waals surface area contributed by atoms with Crippen LogP contribution in [0.3, 0.4) is 0 Å². The maximum atomic E-state index is 13.3. The number of anilines is 1. The van der Waals surface area contributed by atoms with Crippen molar-refractivity contribution >= 4 is 15.7 Å². The number of rotatable bonds is 4. The van der Waals surface area contributed by atoms with E-state index >= 15 is 0 Å². The monoisotopic (exact) mass is 262 g/mol. The van der Waals surface area contributed by atoms with E-state index in [1.165, 1.54) is 19.9 Å². The van der Waals surface area contributed by atoms with E-state index in [-0.39, 0.29) is 22.7 Å². The van der Waals surface area contributed by atoms with E-state index in [9.17, 15) is 12.8 Å². The van der Waals surface area contributed by atoms with Gasteiger partial charge in [0, 0.05) is 17.8 Å². The van der Waals surface area contributed by atoms with E-state index in [0.29, 0.717) is 0 Å². The van der Waals surface area contributed by atoms with Crippen LogP contribution in [0.1, 0.15) is 12.5 Å². The molecule has 7 heteroatoms. The molecule has 4 N–H and O–H groups in total.